The number of carbonyl (C=O) groups is 1. The molecule has 0 amide bonds. The van der Waals surface area contributed by atoms with Gasteiger partial charge in [-0.25, -0.2) is 18.5 Å². The van der Waals surface area contributed by atoms with Gasteiger partial charge >= 0.3 is 5.97 Å². The van der Waals surface area contributed by atoms with Crippen LogP contribution >= 0.6 is 23.5 Å². The van der Waals surface area contributed by atoms with E-state index in [1.807, 2.05) is 24.3 Å². The first kappa shape index (κ1) is 25.9. The highest BCUT2D eigenvalue weighted by atomic mass is 35.5. The number of hydrogen-bond donors (Lipinski definition) is 1. The van der Waals surface area contributed by atoms with Crippen LogP contribution in [0.25, 0.3) is 17.2 Å². The van der Waals surface area contributed by atoms with Crippen LogP contribution in [0.2, 0.25) is 5.02 Å². The molecule has 36 heavy (non-hydrogen) atoms. The van der Waals surface area contributed by atoms with Crippen LogP contribution < -0.4 is 10.2 Å². The zero-order chi connectivity index (χ0) is 25.5. The third-order valence-corrected chi connectivity index (χ3v) is 6.81. The minimum atomic E-state index is -0.484. The quantitative estimate of drug-likeness (QED) is 0.229. The van der Waals surface area contributed by atoms with Crippen LogP contribution in [-0.2, 0) is 9.53 Å². The van der Waals surface area contributed by atoms with E-state index in [9.17, 15) is 9.18 Å². The van der Waals surface area contributed by atoms with E-state index >= 15 is 0 Å². The number of aromatic nitrogens is 2. The predicted octanol–water partition coefficient (Wildman–Crippen LogP) is 5.66. The smallest absolute Gasteiger partial charge is 0.330 e. The Bertz CT molecular complexity index is 1250. The second-order valence-electron chi connectivity index (χ2n) is 7.99. The lowest BCUT2D eigenvalue weighted by Gasteiger charge is -2.35. The van der Waals surface area contributed by atoms with Crippen molar-refractivity contribution >= 4 is 53.0 Å². The average molecular weight is 528 g/mol. The minimum absolute atomic E-state index is 0.0257. The van der Waals surface area contributed by atoms with E-state index in [1.54, 1.807) is 37.2 Å². The van der Waals surface area contributed by atoms with Crippen LogP contribution in [0.5, 0.6) is 0 Å². The standard InChI is InChI=1S/C26H27ClFN5O2S/c1-3-35-24(34)10-7-18-5-4-6-19(15-18)21-17-29-26(30-20-8-9-23(28)22(27)16-20)31-25(21)32-11-13-33(36-2)14-12-32/h4-10,15-17H,3,11-14H2,1-2H3,(H,29,30,31)/b10-7+. The van der Waals surface area contributed by atoms with Crippen molar-refractivity contribution in [3.8, 4) is 11.1 Å². The highest BCUT2D eigenvalue weighted by Crippen LogP contribution is 2.32. The number of piperazine rings is 1. The number of benzene rings is 2. The number of halogens is 2. The lowest BCUT2D eigenvalue weighted by atomic mass is 10.0. The molecule has 2 heterocycles. The molecular weight excluding hydrogens is 501 g/mol. The summed E-state index contributed by atoms with van der Waals surface area (Å²) in [5.41, 5.74) is 3.27. The highest BCUT2D eigenvalue weighted by Gasteiger charge is 2.22. The number of ether oxygens (including phenoxy) is 1. The second kappa shape index (κ2) is 12.2. The molecule has 10 heteroatoms. The summed E-state index contributed by atoms with van der Waals surface area (Å²) >= 11 is 7.68. The molecule has 0 saturated carbocycles. The number of nitrogens with zero attached hydrogens (tertiary/aromatic N) is 4. The molecule has 1 aromatic heterocycles. The molecular formula is C26H27ClFN5O2S. The molecule has 0 unspecified atom stereocenters. The Morgan fingerprint density at radius 1 is 1.22 bits per heavy atom. The lowest BCUT2D eigenvalue weighted by Crippen LogP contribution is -2.44. The van der Waals surface area contributed by atoms with Gasteiger partial charge in [-0.2, -0.15) is 4.98 Å². The summed E-state index contributed by atoms with van der Waals surface area (Å²) < 4.78 is 20.9. The van der Waals surface area contributed by atoms with Gasteiger partial charge in [-0.15, -0.1) is 0 Å². The van der Waals surface area contributed by atoms with Gasteiger partial charge in [0.25, 0.3) is 0 Å². The van der Waals surface area contributed by atoms with Crippen LogP contribution in [0.1, 0.15) is 12.5 Å². The molecule has 4 rings (SSSR count). The van der Waals surface area contributed by atoms with E-state index in [-0.39, 0.29) is 11.0 Å². The molecule has 0 spiro atoms. The van der Waals surface area contributed by atoms with Crippen molar-refractivity contribution < 1.29 is 13.9 Å². The summed E-state index contributed by atoms with van der Waals surface area (Å²) in [6.07, 6.45) is 7.01. The number of anilines is 3. The maximum absolute atomic E-state index is 13.6. The maximum Gasteiger partial charge on any atom is 0.330 e. The Kier molecular flexibility index (Phi) is 8.79. The van der Waals surface area contributed by atoms with Crippen molar-refractivity contribution in [2.75, 3.05) is 49.3 Å². The predicted molar refractivity (Wildman–Crippen MR) is 145 cm³/mol. The van der Waals surface area contributed by atoms with Gasteiger partial charge in [0.05, 0.1) is 11.6 Å². The lowest BCUT2D eigenvalue weighted by molar-refractivity contribution is -0.137. The van der Waals surface area contributed by atoms with E-state index in [0.717, 1.165) is 48.7 Å². The molecule has 0 bridgehead atoms. The van der Waals surface area contributed by atoms with Gasteiger partial charge in [0.1, 0.15) is 11.6 Å². The van der Waals surface area contributed by atoms with Crippen LogP contribution in [0.4, 0.5) is 21.8 Å². The Hall–Kier alpha value is -3.14. The van der Waals surface area contributed by atoms with Crippen molar-refractivity contribution in [2.45, 2.75) is 6.92 Å². The first-order chi connectivity index (χ1) is 17.5. The van der Waals surface area contributed by atoms with Gasteiger partial charge in [-0.1, -0.05) is 41.7 Å². The zero-order valence-electron chi connectivity index (χ0n) is 20.1. The molecule has 1 fully saturated rings. The van der Waals surface area contributed by atoms with E-state index in [0.29, 0.717) is 18.2 Å². The molecule has 0 atom stereocenters. The van der Waals surface area contributed by atoms with Crippen LogP contribution in [0, 0.1) is 5.82 Å². The van der Waals surface area contributed by atoms with Crippen molar-refractivity contribution in [1.29, 1.82) is 0 Å². The topological polar surface area (TPSA) is 70.6 Å². The van der Waals surface area contributed by atoms with Gasteiger partial charge in [0.15, 0.2) is 0 Å². The Labute approximate surface area is 219 Å². The molecule has 1 aliphatic heterocycles. The Morgan fingerprint density at radius 3 is 2.75 bits per heavy atom. The number of rotatable bonds is 8. The third kappa shape index (κ3) is 6.54. The molecule has 1 saturated heterocycles. The monoisotopic (exact) mass is 527 g/mol. The molecule has 1 N–H and O–H groups in total. The average Bonchev–Trinajstić information content (AvgIpc) is 2.90. The molecule has 2 aromatic carbocycles. The van der Waals surface area contributed by atoms with Crippen LogP contribution in [0.3, 0.4) is 0 Å². The Morgan fingerprint density at radius 2 is 2.03 bits per heavy atom. The molecule has 0 aliphatic carbocycles. The van der Waals surface area contributed by atoms with Gasteiger partial charge in [-0.05, 0) is 54.6 Å². The summed E-state index contributed by atoms with van der Waals surface area (Å²) in [6, 6.07) is 12.2. The summed E-state index contributed by atoms with van der Waals surface area (Å²) in [6.45, 7) is 5.55. The van der Waals surface area contributed by atoms with Gasteiger partial charge in [0, 0.05) is 49.7 Å². The van der Waals surface area contributed by atoms with Gasteiger partial charge < -0.3 is 15.0 Å². The first-order valence-electron chi connectivity index (χ1n) is 11.5. The maximum atomic E-state index is 13.6. The highest BCUT2D eigenvalue weighted by molar-refractivity contribution is 7.96. The summed E-state index contributed by atoms with van der Waals surface area (Å²) in [5, 5.41) is 3.15. The molecule has 3 aromatic rings. The van der Waals surface area contributed by atoms with E-state index < -0.39 is 5.82 Å². The fraction of sp³-hybridized carbons (Fsp3) is 0.269. The van der Waals surface area contributed by atoms with Crippen LogP contribution in [0.15, 0.2) is 54.7 Å². The largest absolute Gasteiger partial charge is 0.463 e. The molecule has 7 nitrogen and oxygen atoms in total. The number of esters is 1. The summed E-state index contributed by atoms with van der Waals surface area (Å²) in [5.74, 6) is 0.327. The Balaban J connectivity index is 1.67. The first-order valence-corrected chi connectivity index (χ1v) is 13.1. The number of carbonyl (C=O) groups excluding carboxylic acids is 1. The van der Waals surface area contributed by atoms with Crippen LogP contribution in [-0.4, -0.2) is 59.3 Å². The molecule has 188 valence electrons. The number of nitrogens with one attached hydrogen (secondary N) is 1. The van der Waals surface area contributed by atoms with Crippen molar-refractivity contribution in [3.05, 3.63) is 71.1 Å². The van der Waals surface area contributed by atoms with Crippen molar-refractivity contribution in [1.82, 2.24) is 14.3 Å². The van der Waals surface area contributed by atoms with Gasteiger partial charge in [-0.3, -0.25) is 0 Å². The second-order valence-corrected chi connectivity index (χ2v) is 9.28. The normalized spacial score (nSPS) is 14.3. The van der Waals surface area contributed by atoms with Gasteiger partial charge in [0.2, 0.25) is 5.95 Å². The number of hydrogen-bond acceptors (Lipinski definition) is 8. The van der Waals surface area contributed by atoms with E-state index in [2.05, 4.69) is 25.8 Å². The minimum Gasteiger partial charge on any atom is -0.463 e. The molecule has 1 aliphatic rings. The van der Waals surface area contributed by atoms with E-state index in [1.165, 1.54) is 18.2 Å². The van der Waals surface area contributed by atoms with Crippen molar-refractivity contribution in [2.24, 2.45) is 0 Å². The summed E-state index contributed by atoms with van der Waals surface area (Å²) in [4.78, 5) is 23.4. The SMILES string of the molecule is CCOC(=O)/C=C/c1cccc(-c2cnc(Nc3ccc(F)c(Cl)c3)nc2N2CCN(SC)CC2)c1. The zero-order valence-corrected chi connectivity index (χ0v) is 21.7. The fourth-order valence-corrected chi connectivity index (χ4v) is 4.54. The molecule has 0 radical (unpaired) electrons. The third-order valence-electron chi connectivity index (χ3n) is 5.64. The summed E-state index contributed by atoms with van der Waals surface area (Å²) in [7, 11) is 0. The van der Waals surface area contributed by atoms with Crippen molar-refractivity contribution in [3.63, 3.8) is 0 Å². The fourth-order valence-electron chi connectivity index (χ4n) is 3.83. The van der Waals surface area contributed by atoms with E-state index in [4.69, 9.17) is 21.3 Å².